The minimum absolute atomic E-state index is 0.191. The summed E-state index contributed by atoms with van der Waals surface area (Å²) in [5.41, 5.74) is 8.33. The van der Waals surface area contributed by atoms with Gasteiger partial charge < -0.3 is 15.2 Å². The van der Waals surface area contributed by atoms with Gasteiger partial charge in [-0.25, -0.2) is 4.98 Å². The van der Waals surface area contributed by atoms with E-state index in [1.54, 1.807) is 26.6 Å². The first-order valence-electron chi connectivity index (χ1n) is 7.03. The summed E-state index contributed by atoms with van der Waals surface area (Å²) in [5, 5.41) is 4.34. The highest BCUT2D eigenvalue weighted by atomic mass is 16.5. The number of methoxy groups -OCH3 is 2. The number of nitrogens with two attached hydrogens (primary N) is 1. The molecule has 1 atom stereocenters. The van der Waals surface area contributed by atoms with Gasteiger partial charge in [-0.05, 0) is 18.4 Å². The van der Waals surface area contributed by atoms with Crippen LogP contribution in [0.25, 0.3) is 0 Å². The van der Waals surface area contributed by atoms with E-state index in [4.69, 9.17) is 15.2 Å². The molecule has 0 saturated heterocycles. The highest BCUT2D eigenvalue weighted by Crippen LogP contribution is 2.26. The Bertz CT molecular complexity index is 566. The van der Waals surface area contributed by atoms with E-state index in [1.807, 2.05) is 16.8 Å². The van der Waals surface area contributed by atoms with E-state index in [0.29, 0.717) is 12.3 Å². The van der Waals surface area contributed by atoms with Gasteiger partial charge in [-0.3, -0.25) is 4.68 Å². The molecular formula is C15H22N4O2. The fourth-order valence-electron chi connectivity index (χ4n) is 2.30. The average Bonchev–Trinajstić information content (AvgIpc) is 2.91. The normalized spacial score (nSPS) is 12.2. The molecule has 1 unspecified atom stereocenters. The third-order valence-electron chi connectivity index (χ3n) is 3.31. The number of aromatic nitrogens is 3. The van der Waals surface area contributed by atoms with Crippen LogP contribution in [-0.4, -0.2) is 29.0 Å². The lowest BCUT2D eigenvalue weighted by molar-refractivity contribution is 0.396. The van der Waals surface area contributed by atoms with Gasteiger partial charge in [-0.1, -0.05) is 13.0 Å². The van der Waals surface area contributed by atoms with Crippen LogP contribution in [0.4, 0.5) is 0 Å². The first-order chi connectivity index (χ1) is 10.2. The fourth-order valence-corrected chi connectivity index (χ4v) is 2.30. The third kappa shape index (κ3) is 3.52. The Labute approximate surface area is 124 Å². The Morgan fingerprint density at radius 2 is 2.05 bits per heavy atom. The molecule has 0 radical (unpaired) electrons. The van der Waals surface area contributed by atoms with Crippen molar-refractivity contribution in [2.75, 3.05) is 14.2 Å². The molecule has 0 amide bonds. The summed E-state index contributed by atoms with van der Waals surface area (Å²) in [6.07, 6.45) is 5.17. The lowest BCUT2D eigenvalue weighted by atomic mass is 10.1. The van der Waals surface area contributed by atoms with Gasteiger partial charge in [0.1, 0.15) is 0 Å². The number of nitrogens with zero attached hydrogens (tertiary/aromatic N) is 3. The van der Waals surface area contributed by atoms with Crippen molar-refractivity contribution in [2.45, 2.75) is 32.4 Å². The van der Waals surface area contributed by atoms with E-state index in [2.05, 4.69) is 17.0 Å². The van der Waals surface area contributed by atoms with Crippen LogP contribution < -0.4 is 15.2 Å². The summed E-state index contributed by atoms with van der Waals surface area (Å²) < 4.78 is 12.3. The molecule has 0 spiro atoms. The molecule has 0 saturated carbocycles. The van der Waals surface area contributed by atoms with Crippen LogP contribution in [-0.2, 0) is 13.0 Å². The molecule has 2 N–H and O–H groups in total. The minimum Gasteiger partial charge on any atom is -0.493 e. The summed E-state index contributed by atoms with van der Waals surface area (Å²) >= 11 is 0. The van der Waals surface area contributed by atoms with Crippen molar-refractivity contribution < 1.29 is 9.47 Å². The zero-order chi connectivity index (χ0) is 15.2. The largest absolute Gasteiger partial charge is 0.493 e. The van der Waals surface area contributed by atoms with Gasteiger partial charge in [0.25, 0.3) is 0 Å². The second-order valence-corrected chi connectivity index (χ2v) is 4.84. The first kappa shape index (κ1) is 15.3. The molecule has 114 valence electrons. The molecule has 0 aliphatic rings. The van der Waals surface area contributed by atoms with Gasteiger partial charge in [0.2, 0.25) is 5.88 Å². The molecule has 0 aliphatic heterocycles. The molecule has 6 nitrogen and oxygen atoms in total. The van der Waals surface area contributed by atoms with E-state index < -0.39 is 0 Å². The van der Waals surface area contributed by atoms with Gasteiger partial charge in [-0.15, -0.1) is 0 Å². The zero-order valence-corrected chi connectivity index (χ0v) is 12.7. The summed E-state index contributed by atoms with van der Waals surface area (Å²) in [7, 11) is 3.24. The molecule has 0 aromatic carbocycles. The summed E-state index contributed by atoms with van der Waals surface area (Å²) in [5.74, 6) is 1.33. The number of aryl methyl sites for hydroxylation is 1. The molecule has 0 fully saturated rings. The second kappa shape index (κ2) is 7.08. The number of hydrogen-bond donors (Lipinski definition) is 1. The molecular weight excluding hydrogens is 268 g/mol. The third-order valence-corrected chi connectivity index (χ3v) is 3.31. The van der Waals surface area contributed by atoms with E-state index in [0.717, 1.165) is 30.0 Å². The van der Waals surface area contributed by atoms with Crippen LogP contribution in [0.1, 0.15) is 30.6 Å². The minimum atomic E-state index is -0.191. The van der Waals surface area contributed by atoms with Crippen molar-refractivity contribution in [2.24, 2.45) is 5.73 Å². The maximum absolute atomic E-state index is 6.35. The van der Waals surface area contributed by atoms with Crippen LogP contribution in [0.15, 0.2) is 24.5 Å². The van der Waals surface area contributed by atoms with Gasteiger partial charge in [0, 0.05) is 18.8 Å². The highest BCUT2D eigenvalue weighted by Gasteiger charge is 2.19. The molecule has 0 aliphatic carbocycles. The van der Waals surface area contributed by atoms with Gasteiger partial charge >= 0.3 is 0 Å². The lowest BCUT2D eigenvalue weighted by Crippen LogP contribution is -2.19. The summed E-state index contributed by atoms with van der Waals surface area (Å²) in [6, 6.07) is 3.62. The van der Waals surface area contributed by atoms with Crippen molar-refractivity contribution >= 4 is 0 Å². The Balaban J connectivity index is 2.18. The van der Waals surface area contributed by atoms with Crippen LogP contribution in [0.2, 0.25) is 0 Å². The quantitative estimate of drug-likeness (QED) is 0.843. The molecule has 0 bridgehead atoms. The fraction of sp³-hybridized carbons (Fsp3) is 0.467. The maximum atomic E-state index is 6.35. The van der Waals surface area contributed by atoms with E-state index in [-0.39, 0.29) is 6.04 Å². The number of ether oxygens (including phenoxy) is 2. The smallest absolute Gasteiger partial charge is 0.212 e. The van der Waals surface area contributed by atoms with Crippen LogP contribution in [0.3, 0.4) is 0 Å². The maximum Gasteiger partial charge on any atom is 0.212 e. The van der Waals surface area contributed by atoms with Crippen LogP contribution in [0.5, 0.6) is 11.6 Å². The molecule has 21 heavy (non-hydrogen) atoms. The molecule has 2 rings (SSSR count). The Morgan fingerprint density at radius 3 is 2.62 bits per heavy atom. The average molecular weight is 290 g/mol. The zero-order valence-electron chi connectivity index (χ0n) is 12.7. The topological polar surface area (TPSA) is 75.2 Å². The number of hydrogen-bond acceptors (Lipinski definition) is 5. The predicted octanol–water partition coefficient (Wildman–Crippen LogP) is 1.95. The van der Waals surface area contributed by atoms with Crippen molar-refractivity contribution in [3.63, 3.8) is 0 Å². The SMILES string of the molecule is CCCn1ncc(OC)c1C(N)Cc1ccc(OC)nc1. The van der Waals surface area contributed by atoms with Crippen LogP contribution in [0, 0.1) is 0 Å². The van der Waals surface area contributed by atoms with Gasteiger partial charge in [0.15, 0.2) is 5.75 Å². The Hall–Kier alpha value is -2.08. The predicted molar refractivity (Wildman–Crippen MR) is 80.5 cm³/mol. The Morgan fingerprint density at radius 1 is 1.24 bits per heavy atom. The lowest BCUT2D eigenvalue weighted by Gasteiger charge is -2.15. The molecule has 2 aromatic heterocycles. The van der Waals surface area contributed by atoms with Gasteiger partial charge in [0.05, 0.1) is 32.2 Å². The highest BCUT2D eigenvalue weighted by molar-refractivity contribution is 5.30. The van der Waals surface area contributed by atoms with Crippen LogP contribution >= 0.6 is 0 Å². The van der Waals surface area contributed by atoms with E-state index >= 15 is 0 Å². The standard InChI is InChI=1S/C15H22N4O2/c1-4-7-19-15(13(20-2)10-18-19)12(16)8-11-5-6-14(21-3)17-9-11/h5-6,9-10,12H,4,7-8,16H2,1-3H3. The van der Waals surface area contributed by atoms with E-state index in [9.17, 15) is 0 Å². The molecule has 6 heteroatoms. The number of rotatable bonds is 7. The second-order valence-electron chi connectivity index (χ2n) is 4.84. The van der Waals surface area contributed by atoms with Crippen molar-refractivity contribution in [1.29, 1.82) is 0 Å². The molecule has 2 aromatic rings. The summed E-state index contributed by atoms with van der Waals surface area (Å²) in [4.78, 5) is 4.20. The van der Waals surface area contributed by atoms with Gasteiger partial charge in [-0.2, -0.15) is 5.10 Å². The van der Waals surface area contributed by atoms with E-state index in [1.165, 1.54) is 0 Å². The summed E-state index contributed by atoms with van der Waals surface area (Å²) in [6.45, 7) is 2.93. The van der Waals surface area contributed by atoms with Crippen molar-refractivity contribution in [3.8, 4) is 11.6 Å². The van der Waals surface area contributed by atoms with Crippen molar-refractivity contribution in [1.82, 2.24) is 14.8 Å². The van der Waals surface area contributed by atoms with Crippen molar-refractivity contribution in [3.05, 3.63) is 35.8 Å². The first-order valence-corrected chi connectivity index (χ1v) is 7.03. The number of pyridine rings is 1. The monoisotopic (exact) mass is 290 g/mol. The molecule has 2 heterocycles. The Kier molecular flexibility index (Phi) is 5.16.